The van der Waals surface area contributed by atoms with Gasteiger partial charge in [0.25, 0.3) is 5.56 Å². The molecule has 1 saturated carbocycles. The summed E-state index contributed by atoms with van der Waals surface area (Å²) in [6.45, 7) is 0.850. The minimum Gasteiger partial charge on any atom is -0.398 e. The van der Waals surface area contributed by atoms with Crippen molar-refractivity contribution in [1.82, 2.24) is 9.47 Å². The molecule has 0 saturated heterocycles. The zero-order chi connectivity index (χ0) is 12.4. The smallest absolute Gasteiger partial charge is 0.251 e. The molecule has 92 valence electrons. The summed E-state index contributed by atoms with van der Waals surface area (Å²) in [5.41, 5.74) is 5.87. The zero-order valence-corrected chi connectivity index (χ0v) is 9.93. The van der Waals surface area contributed by atoms with E-state index < -0.39 is 0 Å². The maximum absolute atomic E-state index is 11.9. The van der Waals surface area contributed by atoms with Crippen molar-refractivity contribution in [1.29, 1.82) is 0 Å². The van der Waals surface area contributed by atoms with Gasteiger partial charge in [-0.2, -0.15) is 0 Å². The van der Waals surface area contributed by atoms with Crippen molar-refractivity contribution in [3.8, 4) is 0 Å². The van der Waals surface area contributed by atoms with E-state index >= 15 is 0 Å². The molecule has 1 aromatic rings. The van der Waals surface area contributed by atoms with Crippen LogP contribution < -0.4 is 11.3 Å². The molecule has 0 spiro atoms. The van der Waals surface area contributed by atoms with Gasteiger partial charge in [-0.15, -0.1) is 0 Å². The SMILES string of the molecule is CN(CC1CC1)C(=O)Cn1cc(N)ccc1=O. The molecule has 0 aliphatic heterocycles. The first kappa shape index (κ1) is 11.7. The second-order valence-corrected chi connectivity index (χ2v) is 4.65. The molecule has 2 N–H and O–H groups in total. The van der Waals surface area contributed by atoms with Crippen LogP contribution in [0.15, 0.2) is 23.1 Å². The van der Waals surface area contributed by atoms with Gasteiger partial charge < -0.3 is 15.2 Å². The van der Waals surface area contributed by atoms with Crippen LogP contribution in [-0.4, -0.2) is 29.0 Å². The number of anilines is 1. The highest BCUT2D eigenvalue weighted by Crippen LogP contribution is 2.29. The predicted molar refractivity (Wildman–Crippen MR) is 65.5 cm³/mol. The Bertz CT molecular complexity index is 477. The number of carbonyl (C=O) groups excluding carboxylic acids is 1. The van der Waals surface area contributed by atoms with Crippen LogP contribution in [0.5, 0.6) is 0 Å². The third-order valence-corrected chi connectivity index (χ3v) is 2.97. The molecule has 0 unspecified atom stereocenters. The number of pyridine rings is 1. The molecular weight excluding hydrogens is 218 g/mol. The van der Waals surface area contributed by atoms with Gasteiger partial charge in [-0.3, -0.25) is 9.59 Å². The summed E-state index contributed by atoms with van der Waals surface area (Å²) in [4.78, 5) is 25.1. The Kier molecular flexibility index (Phi) is 3.17. The average molecular weight is 235 g/mol. The highest BCUT2D eigenvalue weighted by molar-refractivity contribution is 5.75. The Morgan fingerprint density at radius 1 is 1.53 bits per heavy atom. The van der Waals surface area contributed by atoms with E-state index in [4.69, 9.17) is 5.73 Å². The molecule has 1 fully saturated rings. The Morgan fingerprint density at radius 3 is 2.88 bits per heavy atom. The summed E-state index contributed by atoms with van der Waals surface area (Å²) in [7, 11) is 1.78. The first-order chi connectivity index (χ1) is 8.06. The summed E-state index contributed by atoms with van der Waals surface area (Å²) in [5, 5.41) is 0. The number of amides is 1. The molecule has 1 heterocycles. The summed E-state index contributed by atoms with van der Waals surface area (Å²) in [5.74, 6) is 0.603. The van der Waals surface area contributed by atoms with Crippen LogP contribution in [0.3, 0.4) is 0 Å². The van der Waals surface area contributed by atoms with E-state index in [1.807, 2.05) is 0 Å². The fourth-order valence-electron chi connectivity index (χ4n) is 1.73. The van der Waals surface area contributed by atoms with E-state index in [1.165, 1.54) is 35.7 Å². The van der Waals surface area contributed by atoms with Crippen LogP contribution in [0.1, 0.15) is 12.8 Å². The van der Waals surface area contributed by atoms with Crippen LogP contribution in [0.25, 0.3) is 0 Å². The predicted octanol–water partition coefficient (Wildman–Crippen LogP) is 0.299. The summed E-state index contributed by atoms with van der Waals surface area (Å²) in [6.07, 6.45) is 3.91. The van der Waals surface area contributed by atoms with Crippen LogP contribution in [0.4, 0.5) is 5.69 Å². The molecule has 0 atom stereocenters. The Hall–Kier alpha value is -1.78. The number of nitrogens with two attached hydrogens (primary N) is 1. The summed E-state index contributed by atoms with van der Waals surface area (Å²) < 4.78 is 1.35. The van der Waals surface area contributed by atoms with E-state index in [0.717, 1.165) is 6.54 Å². The molecule has 2 rings (SSSR count). The van der Waals surface area contributed by atoms with Crippen LogP contribution in [-0.2, 0) is 11.3 Å². The molecule has 5 heteroatoms. The van der Waals surface area contributed by atoms with Crippen molar-refractivity contribution in [3.63, 3.8) is 0 Å². The van der Waals surface area contributed by atoms with E-state index in [0.29, 0.717) is 11.6 Å². The number of hydrogen-bond donors (Lipinski definition) is 1. The van der Waals surface area contributed by atoms with Gasteiger partial charge in [-0.1, -0.05) is 0 Å². The van der Waals surface area contributed by atoms with Gasteiger partial charge in [0.2, 0.25) is 5.91 Å². The number of aromatic nitrogens is 1. The minimum atomic E-state index is -0.202. The molecule has 1 aliphatic carbocycles. The van der Waals surface area contributed by atoms with Crippen molar-refractivity contribution in [2.24, 2.45) is 5.92 Å². The maximum Gasteiger partial charge on any atom is 0.251 e. The van der Waals surface area contributed by atoms with Gasteiger partial charge in [0.15, 0.2) is 0 Å². The molecule has 0 aromatic carbocycles. The van der Waals surface area contributed by atoms with Crippen molar-refractivity contribution >= 4 is 11.6 Å². The first-order valence-electron chi connectivity index (χ1n) is 5.76. The van der Waals surface area contributed by atoms with Gasteiger partial charge >= 0.3 is 0 Å². The number of nitrogen functional groups attached to an aromatic ring is 1. The molecule has 17 heavy (non-hydrogen) atoms. The lowest BCUT2D eigenvalue weighted by Gasteiger charge is -2.17. The van der Waals surface area contributed by atoms with Gasteiger partial charge in [0.05, 0.1) is 0 Å². The monoisotopic (exact) mass is 235 g/mol. The minimum absolute atomic E-state index is 0.0513. The van der Waals surface area contributed by atoms with Crippen molar-refractivity contribution in [2.75, 3.05) is 19.3 Å². The van der Waals surface area contributed by atoms with Crippen LogP contribution >= 0.6 is 0 Å². The van der Waals surface area contributed by atoms with Crippen molar-refractivity contribution in [2.45, 2.75) is 19.4 Å². The van der Waals surface area contributed by atoms with E-state index in [1.54, 1.807) is 11.9 Å². The Morgan fingerprint density at radius 2 is 2.24 bits per heavy atom. The highest BCUT2D eigenvalue weighted by atomic mass is 16.2. The quantitative estimate of drug-likeness (QED) is 0.816. The lowest BCUT2D eigenvalue weighted by atomic mass is 10.3. The van der Waals surface area contributed by atoms with Gasteiger partial charge in [0.1, 0.15) is 6.54 Å². The lowest BCUT2D eigenvalue weighted by Crippen LogP contribution is -2.34. The van der Waals surface area contributed by atoms with E-state index in [-0.39, 0.29) is 18.0 Å². The summed E-state index contributed by atoms with van der Waals surface area (Å²) in [6, 6.07) is 2.92. The highest BCUT2D eigenvalue weighted by Gasteiger charge is 2.24. The van der Waals surface area contributed by atoms with Gasteiger partial charge in [0, 0.05) is 31.5 Å². The third-order valence-electron chi connectivity index (χ3n) is 2.97. The zero-order valence-electron chi connectivity index (χ0n) is 9.93. The number of hydrogen-bond acceptors (Lipinski definition) is 3. The second kappa shape index (κ2) is 4.61. The average Bonchev–Trinajstić information content (AvgIpc) is 3.07. The number of carbonyl (C=O) groups is 1. The van der Waals surface area contributed by atoms with E-state index in [9.17, 15) is 9.59 Å². The molecule has 1 aromatic heterocycles. The Labute approximate surface area is 99.8 Å². The molecular formula is C12H17N3O2. The maximum atomic E-state index is 11.9. The molecule has 5 nitrogen and oxygen atoms in total. The lowest BCUT2D eigenvalue weighted by molar-refractivity contribution is -0.130. The fourth-order valence-corrected chi connectivity index (χ4v) is 1.73. The Balaban J connectivity index is 2.01. The fraction of sp³-hybridized carbons (Fsp3) is 0.500. The number of rotatable bonds is 4. The third kappa shape index (κ3) is 3.09. The van der Waals surface area contributed by atoms with Crippen LogP contribution in [0, 0.1) is 5.92 Å². The normalized spacial score (nSPS) is 14.6. The molecule has 1 amide bonds. The number of nitrogens with zero attached hydrogens (tertiary/aromatic N) is 2. The largest absolute Gasteiger partial charge is 0.398 e. The van der Waals surface area contributed by atoms with Gasteiger partial charge in [-0.25, -0.2) is 0 Å². The standard InChI is InChI=1S/C12H17N3O2/c1-14(6-9-2-3-9)12(17)8-15-7-10(13)4-5-11(15)16/h4-5,7,9H,2-3,6,8,13H2,1H3. The first-order valence-corrected chi connectivity index (χ1v) is 5.76. The van der Waals surface area contributed by atoms with Crippen LogP contribution in [0.2, 0.25) is 0 Å². The summed E-state index contributed by atoms with van der Waals surface area (Å²) >= 11 is 0. The van der Waals surface area contributed by atoms with Crippen molar-refractivity contribution < 1.29 is 4.79 Å². The topological polar surface area (TPSA) is 68.3 Å². The molecule has 0 bridgehead atoms. The van der Waals surface area contributed by atoms with Gasteiger partial charge in [-0.05, 0) is 24.8 Å². The van der Waals surface area contributed by atoms with Crippen molar-refractivity contribution in [3.05, 3.63) is 28.7 Å². The molecule has 1 aliphatic rings. The number of likely N-dealkylation sites (N-methyl/N-ethyl adjacent to an activating group) is 1. The second-order valence-electron chi connectivity index (χ2n) is 4.65. The molecule has 0 radical (unpaired) electrons. The van der Waals surface area contributed by atoms with E-state index in [2.05, 4.69) is 0 Å².